The molecule has 2 spiro atoms. The zero-order chi connectivity index (χ0) is 18.2. The van der Waals surface area contributed by atoms with E-state index in [1.165, 1.54) is 0 Å². The second-order valence-electron chi connectivity index (χ2n) is 10.9. The van der Waals surface area contributed by atoms with Crippen molar-refractivity contribution in [1.29, 1.82) is 0 Å². The van der Waals surface area contributed by atoms with Gasteiger partial charge < -0.3 is 15.3 Å². The Morgan fingerprint density at radius 2 is 1.96 bits per heavy atom. The minimum Gasteiger partial charge on any atom is -0.392 e. The van der Waals surface area contributed by atoms with E-state index >= 15 is 0 Å². The minimum absolute atomic E-state index is 0.0547. The van der Waals surface area contributed by atoms with Crippen LogP contribution in [0.25, 0.3) is 0 Å². The maximum absolute atomic E-state index is 11.5. The Labute approximate surface area is 156 Å². The van der Waals surface area contributed by atoms with Gasteiger partial charge in [0, 0.05) is 29.3 Å². The number of hydrogen-bond acceptors (Lipinski definition) is 4. The van der Waals surface area contributed by atoms with Gasteiger partial charge in [-0.25, -0.2) is 0 Å². The first kappa shape index (κ1) is 16.5. The molecule has 5 saturated carbocycles. The molecule has 4 nitrogen and oxygen atoms in total. The van der Waals surface area contributed by atoms with Crippen molar-refractivity contribution in [3.05, 3.63) is 12.2 Å². The summed E-state index contributed by atoms with van der Waals surface area (Å²) in [7, 11) is 0. The van der Waals surface area contributed by atoms with E-state index in [1.807, 2.05) is 0 Å². The van der Waals surface area contributed by atoms with E-state index in [-0.39, 0.29) is 34.2 Å². The second-order valence-corrected chi connectivity index (χ2v) is 10.9. The lowest BCUT2D eigenvalue weighted by Gasteiger charge is -2.65. The van der Waals surface area contributed by atoms with Gasteiger partial charge in [0.25, 0.3) is 0 Å². The summed E-state index contributed by atoms with van der Waals surface area (Å²) < 4.78 is 0. The van der Waals surface area contributed by atoms with E-state index < -0.39 is 12.2 Å². The topological polar surface area (TPSA) is 63.9 Å². The van der Waals surface area contributed by atoms with Crippen LogP contribution in [0.15, 0.2) is 12.2 Å². The van der Waals surface area contributed by atoms with E-state index in [4.69, 9.17) is 0 Å². The summed E-state index contributed by atoms with van der Waals surface area (Å²) in [5.41, 5.74) is 0.849. The maximum atomic E-state index is 11.5. The number of rotatable bonds is 1. The summed E-state index contributed by atoms with van der Waals surface area (Å²) in [5.74, 6) is 1.26. The van der Waals surface area contributed by atoms with Gasteiger partial charge in [-0.15, -0.1) is 0 Å². The van der Waals surface area contributed by atoms with Gasteiger partial charge >= 0.3 is 0 Å². The first-order chi connectivity index (χ1) is 12.3. The van der Waals surface area contributed by atoms with Gasteiger partial charge in [0.05, 0.1) is 18.3 Å². The fourth-order valence-corrected chi connectivity index (χ4v) is 9.97. The van der Waals surface area contributed by atoms with Crippen molar-refractivity contribution in [3.63, 3.8) is 0 Å². The summed E-state index contributed by atoms with van der Waals surface area (Å²) in [4.78, 5) is 2.65. The summed E-state index contributed by atoms with van der Waals surface area (Å²) in [5, 5.41) is 33.8. The molecule has 0 radical (unpaired) electrons. The number of piperidine rings is 1. The highest BCUT2D eigenvalue weighted by atomic mass is 16.3. The van der Waals surface area contributed by atoms with Gasteiger partial charge in [-0.3, -0.25) is 4.90 Å². The Bertz CT molecular complexity index is 695. The molecule has 7 bridgehead atoms. The van der Waals surface area contributed by atoms with Gasteiger partial charge in [-0.1, -0.05) is 20.4 Å². The highest BCUT2D eigenvalue weighted by Crippen LogP contribution is 2.83. The number of nitrogens with zero attached hydrogens (tertiary/aromatic N) is 1. The molecule has 144 valence electrons. The zero-order valence-electron chi connectivity index (χ0n) is 16.1. The molecular formula is C22H33NO3. The van der Waals surface area contributed by atoms with Crippen LogP contribution < -0.4 is 0 Å². The van der Waals surface area contributed by atoms with E-state index in [9.17, 15) is 15.3 Å². The molecule has 6 aliphatic rings. The molecule has 1 saturated heterocycles. The molecule has 3 unspecified atom stereocenters. The third kappa shape index (κ3) is 1.37. The maximum Gasteiger partial charge on any atom is 0.0813 e. The normalized spacial score (nSPS) is 65.5. The summed E-state index contributed by atoms with van der Waals surface area (Å²) in [6.07, 6.45) is 3.58. The van der Waals surface area contributed by atoms with Gasteiger partial charge in [0.15, 0.2) is 0 Å². The molecule has 26 heavy (non-hydrogen) atoms. The summed E-state index contributed by atoms with van der Waals surface area (Å²) in [6.45, 7) is 11.1. The molecule has 3 N–H and O–H groups in total. The van der Waals surface area contributed by atoms with Gasteiger partial charge in [-0.05, 0) is 67.4 Å². The lowest BCUT2D eigenvalue weighted by molar-refractivity contribution is -0.218. The monoisotopic (exact) mass is 359 g/mol. The van der Waals surface area contributed by atoms with Crippen LogP contribution in [0.5, 0.6) is 0 Å². The molecule has 6 rings (SSSR count). The van der Waals surface area contributed by atoms with Gasteiger partial charge in [-0.2, -0.15) is 0 Å². The van der Waals surface area contributed by atoms with Crippen molar-refractivity contribution in [3.8, 4) is 0 Å². The lowest BCUT2D eigenvalue weighted by atomic mass is 9.43. The summed E-state index contributed by atoms with van der Waals surface area (Å²) >= 11 is 0. The third-order valence-corrected chi connectivity index (χ3v) is 10.6. The van der Waals surface area contributed by atoms with Gasteiger partial charge in [0.1, 0.15) is 0 Å². The predicted octanol–water partition coefficient (Wildman–Crippen LogP) is 1.79. The highest BCUT2D eigenvalue weighted by Gasteiger charge is 2.85. The van der Waals surface area contributed by atoms with E-state index in [1.54, 1.807) is 0 Å². The average molecular weight is 360 g/mol. The van der Waals surface area contributed by atoms with Crippen LogP contribution in [0.2, 0.25) is 0 Å². The number of hydrogen-bond donors (Lipinski definition) is 3. The number of fused-ring (bicyclic) bond motifs is 1. The number of likely N-dealkylation sites (tertiary alicyclic amines) is 1. The molecule has 5 aliphatic carbocycles. The van der Waals surface area contributed by atoms with Crippen LogP contribution in [-0.4, -0.2) is 57.7 Å². The quantitative estimate of drug-likeness (QED) is 0.625. The summed E-state index contributed by atoms with van der Waals surface area (Å²) in [6, 6.07) is 0.373. The largest absolute Gasteiger partial charge is 0.392 e. The Balaban J connectivity index is 1.61. The molecule has 4 heteroatoms. The van der Waals surface area contributed by atoms with Crippen LogP contribution in [0.4, 0.5) is 0 Å². The molecule has 11 atom stereocenters. The molecule has 0 aromatic heterocycles. The minimum atomic E-state index is -0.500. The first-order valence-electron chi connectivity index (χ1n) is 10.8. The number of aliphatic hydroxyl groups excluding tert-OH is 3. The van der Waals surface area contributed by atoms with Crippen molar-refractivity contribution >= 4 is 0 Å². The van der Waals surface area contributed by atoms with E-state index in [2.05, 4.69) is 25.3 Å². The predicted molar refractivity (Wildman–Crippen MR) is 98.2 cm³/mol. The van der Waals surface area contributed by atoms with E-state index in [0.717, 1.165) is 50.8 Å². The highest BCUT2D eigenvalue weighted by molar-refractivity contribution is 5.39. The zero-order valence-corrected chi connectivity index (χ0v) is 16.1. The van der Waals surface area contributed by atoms with Crippen LogP contribution in [-0.2, 0) is 0 Å². The second kappa shape index (κ2) is 4.59. The average Bonchev–Trinajstić information content (AvgIpc) is 3.14. The standard InChI is InChI=1S/C22H33NO3/c1-4-23-10-20(3)6-5-17(25)22-15(20)7-13(18(22)23)21-9-12(11(2)19(21)26)14(24)8-16(21)22/h12-19,24-26H,2,4-10H2,1,3H3/t12-,13?,14-,15-,16-,17+,18?,19-,20+,21+,22?/m1/s1. The third-order valence-electron chi connectivity index (χ3n) is 10.6. The smallest absolute Gasteiger partial charge is 0.0813 e. The Hall–Kier alpha value is -0.420. The first-order valence-corrected chi connectivity index (χ1v) is 10.8. The Kier molecular flexibility index (Phi) is 2.92. The van der Waals surface area contributed by atoms with Gasteiger partial charge in [0.2, 0.25) is 0 Å². The molecule has 1 aliphatic heterocycles. The number of aliphatic hydroxyl groups is 3. The fraction of sp³-hybridized carbons (Fsp3) is 0.909. The van der Waals surface area contributed by atoms with Crippen molar-refractivity contribution < 1.29 is 15.3 Å². The molecule has 1 heterocycles. The lowest BCUT2D eigenvalue weighted by Crippen LogP contribution is -2.68. The molecule has 0 aromatic carbocycles. The Morgan fingerprint density at radius 1 is 1.19 bits per heavy atom. The van der Waals surface area contributed by atoms with Crippen LogP contribution >= 0.6 is 0 Å². The SMILES string of the molecule is C=C1[C@H]2C[C@@]3(C4C[C@H]5C6(C4N(CC)C[C@]5(C)CC[C@@H]6O)[C@@H]3C[C@H]2O)[C@@H]1O. The van der Waals surface area contributed by atoms with Crippen LogP contribution in [0.3, 0.4) is 0 Å². The molecule has 0 amide bonds. The van der Waals surface area contributed by atoms with Crippen LogP contribution in [0.1, 0.15) is 46.0 Å². The molecule has 6 fully saturated rings. The van der Waals surface area contributed by atoms with Crippen molar-refractivity contribution in [1.82, 2.24) is 4.90 Å². The van der Waals surface area contributed by atoms with Crippen LogP contribution in [0, 0.1) is 39.9 Å². The molecule has 0 aromatic rings. The molecular weight excluding hydrogens is 326 g/mol. The van der Waals surface area contributed by atoms with Crippen molar-refractivity contribution in [2.24, 2.45) is 39.9 Å². The fourth-order valence-electron chi connectivity index (χ4n) is 9.97. The van der Waals surface area contributed by atoms with E-state index in [0.29, 0.717) is 17.9 Å². The van der Waals surface area contributed by atoms with Crippen molar-refractivity contribution in [2.45, 2.75) is 70.3 Å². The Morgan fingerprint density at radius 3 is 2.69 bits per heavy atom. The van der Waals surface area contributed by atoms with Crippen molar-refractivity contribution in [2.75, 3.05) is 13.1 Å².